The highest BCUT2D eigenvalue weighted by Crippen LogP contribution is 2.45. The first-order valence-electron chi connectivity index (χ1n) is 8.45. The fourth-order valence-electron chi connectivity index (χ4n) is 3.45. The van der Waals surface area contributed by atoms with Gasteiger partial charge in [0.05, 0.1) is 0 Å². The predicted molar refractivity (Wildman–Crippen MR) is 110 cm³/mol. The molecule has 126 valence electrons. The summed E-state index contributed by atoms with van der Waals surface area (Å²) in [5.41, 5.74) is 1.88. The summed E-state index contributed by atoms with van der Waals surface area (Å²) in [4.78, 5) is 0. The van der Waals surface area contributed by atoms with Crippen molar-refractivity contribution in [2.45, 2.75) is 59.0 Å². The van der Waals surface area contributed by atoms with E-state index in [1.165, 1.54) is 22.8 Å². The summed E-state index contributed by atoms with van der Waals surface area (Å²) in [6.07, 6.45) is 2.49. The standard InChI is InChI=1S/C19H33IOSi/c1-18(2,3)17(15-21-22(5)6)19(4,13-10-14-20)16-11-8-7-9-12-16/h7-9,11-12,17,22H,10,13-15H2,1-6H3/t17?,19-/m1/s1. The minimum Gasteiger partial charge on any atom is -0.420 e. The topological polar surface area (TPSA) is 9.23 Å². The van der Waals surface area contributed by atoms with Crippen LogP contribution in [0, 0.1) is 11.3 Å². The molecule has 0 aliphatic rings. The van der Waals surface area contributed by atoms with Crippen LogP contribution in [0.3, 0.4) is 0 Å². The van der Waals surface area contributed by atoms with Crippen molar-refractivity contribution >= 4 is 31.6 Å². The maximum Gasteiger partial charge on any atom is 0.170 e. The minimum absolute atomic E-state index is 0.175. The van der Waals surface area contributed by atoms with E-state index in [1.54, 1.807) is 0 Å². The van der Waals surface area contributed by atoms with Crippen LogP contribution in [0.2, 0.25) is 13.1 Å². The maximum absolute atomic E-state index is 6.22. The number of alkyl halides is 1. The maximum atomic E-state index is 6.22. The Morgan fingerprint density at radius 3 is 2.14 bits per heavy atom. The monoisotopic (exact) mass is 432 g/mol. The molecular weight excluding hydrogens is 399 g/mol. The van der Waals surface area contributed by atoms with Gasteiger partial charge in [0.1, 0.15) is 0 Å². The number of benzene rings is 1. The van der Waals surface area contributed by atoms with Crippen molar-refractivity contribution in [1.29, 1.82) is 0 Å². The average molecular weight is 432 g/mol. The molecule has 22 heavy (non-hydrogen) atoms. The molecule has 0 aliphatic heterocycles. The number of rotatable bonds is 8. The van der Waals surface area contributed by atoms with Gasteiger partial charge in [0.2, 0.25) is 0 Å². The van der Waals surface area contributed by atoms with Gasteiger partial charge < -0.3 is 4.43 Å². The highest BCUT2D eigenvalue weighted by Gasteiger charge is 2.42. The van der Waals surface area contributed by atoms with Gasteiger partial charge in [0.25, 0.3) is 0 Å². The van der Waals surface area contributed by atoms with Crippen molar-refractivity contribution < 1.29 is 4.43 Å². The van der Waals surface area contributed by atoms with Crippen molar-refractivity contribution in [1.82, 2.24) is 0 Å². The van der Waals surface area contributed by atoms with Gasteiger partial charge in [-0.3, -0.25) is 0 Å². The van der Waals surface area contributed by atoms with Crippen molar-refractivity contribution in [3.8, 4) is 0 Å². The van der Waals surface area contributed by atoms with Crippen LogP contribution >= 0.6 is 22.6 Å². The van der Waals surface area contributed by atoms with Crippen LogP contribution in [-0.2, 0) is 9.84 Å². The fraction of sp³-hybridized carbons (Fsp3) is 0.684. The Kier molecular flexibility index (Phi) is 8.10. The molecule has 0 amide bonds. The molecule has 1 nitrogen and oxygen atoms in total. The van der Waals surface area contributed by atoms with Gasteiger partial charge >= 0.3 is 0 Å². The normalized spacial score (nSPS) is 16.5. The largest absolute Gasteiger partial charge is 0.420 e. The van der Waals surface area contributed by atoms with Gasteiger partial charge in [-0.1, -0.05) is 80.6 Å². The first-order valence-corrected chi connectivity index (χ1v) is 12.8. The molecule has 0 heterocycles. The van der Waals surface area contributed by atoms with E-state index in [-0.39, 0.29) is 10.8 Å². The Hall–Kier alpha value is 0.127. The Balaban J connectivity index is 3.19. The summed E-state index contributed by atoms with van der Waals surface area (Å²) in [5.74, 6) is 0.528. The zero-order valence-corrected chi connectivity index (χ0v) is 18.5. The van der Waals surface area contributed by atoms with Crippen molar-refractivity contribution in [2.24, 2.45) is 11.3 Å². The van der Waals surface area contributed by atoms with Crippen molar-refractivity contribution in [3.63, 3.8) is 0 Å². The van der Waals surface area contributed by atoms with Crippen LogP contribution in [0.15, 0.2) is 30.3 Å². The lowest BCUT2D eigenvalue weighted by molar-refractivity contribution is 0.0688. The molecule has 0 aliphatic carbocycles. The quantitative estimate of drug-likeness (QED) is 0.286. The van der Waals surface area contributed by atoms with Gasteiger partial charge in [-0.2, -0.15) is 0 Å². The summed E-state index contributed by atoms with van der Waals surface area (Å²) in [7, 11) is -0.993. The van der Waals surface area contributed by atoms with Crippen LogP contribution in [0.1, 0.15) is 46.1 Å². The second-order valence-corrected chi connectivity index (χ2v) is 11.4. The van der Waals surface area contributed by atoms with Crippen molar-refractivity contribution in [2.75, 3.05) is 11.0 Å². The highest BCUT2D eigenvalue weighted by molar-refractivity contribution is 14.1. The summed E-state index contributed by atoms with van der Waals surface area (Å²) in [6.45, 7) is 15.0. The molecule has 0 fully saturated rings. The molecule has 0 saturated carbocycles. The predicted octanol–water partition coefficient (Wildman–Crippen LogP) is 5.82. The number of halogens is 1. The molecule has 1 aromatic carbocycles. The third-order valence-electron chi connectivity index (χ3n) is 4.67. The second-order valence-electron chi connectivity index (χ2n) is 7.88. The Morgan fingerprint density at radius 1 is 1.09 bits per heavy atom. The molecule has 0 spiro atoms. The third kappa shape index (κ3) is 5.64. The molecule has 2 atom stereocenters. The Labute approximate surface area is 153 Å². The first-order chi connectivity index (χ1) is 10.2. The lowest BCUT2D eigenvalue weighted by atomic mass is 9.60. The SMILES string of the molecule is C[SiH](C)OCC(C(C)(C)C)[C@](C)(CCCI)c1ccccc1. The van der Waals surface area contributed by atoms with E-state index in [2.05, 4.69) is 93.7 Å². The van der Waals surface area contributed by atoms with E-state index in [0.29, 0.717) is 5.92 Å². The third-order valence-corrected chi connectivity index (χ3v) is 6.30. The summed E-state index contributed by atoms with van der Waals surface area (Å²) in [5, 5.41) is 0. The summed E-state index contributed by atoms with van der Waals surface area (Å²) >= 11 is 2.50. The summed E-state index contributed by atoms with van der Waals surface area (Å²) in [6, 6.07) is 11.1. The van der Waals surface area contributed by atoms with E-state index in [1.807, 2.05) is 0 Å². The van der Waals surface area contributed by atoms with Crippen LogP contribution < -0.4 is 0 Å². The molecule has 0 aromatic heterocycles. The van der Waals surface area contributed by atoms with Gasteiger partial charge in [-0.25, -0.2) is 0 Å². The van der Waals surface area contributed by atoms with E-state index in [0.717, 1.165) is 6.61 Å². The molecule has 1 aromatic rings. The van der Waals surface area contributed by atoms with Gasteiger partial charge in [0, 0.05) is 6.61 Å². The fourth-order valence-corrected chi connectivity index (χ4v) is 4.41. The molecule has 1 rings (SSSR count). The molecule has 0 radical (unpaired) electrons. The van der Waals surface area contributed by atoms with Crippen LogP contribution in [0.5, 0.6) is 0 Å². The zero-order valence-electron chi connectivity index (χ0n) is 15.2. The zero-order chi connectivity index (χ0) is 16.8. The highest BCUT2D eigenvalue weighted by atomic mass is 127. The minimum atomic E-state index is -0.993. The summed E-state index contributed by atoms with van der Waals surface area (Å²) < 4.78 is 7.43. The number of hydrogen-bond donors (Lipinski definition) is 0. The molecule has 1 unspecified atom stereocenters. The van der Waals surface area contributed by atoms with Gasteiger partial charge in [-0.05, 0) is 52.7 Å². The van der Waals surface area contributed by atoms with Crippen molar-refractivity contribution in [3.05, 3.63) is 35.9 Å². The average Bonchev–Trinajstić information content (AvgIpc) is 2.44. The van der Waals surface area contributed by atoms with E-state index in [9.17, 15) is 0 Å². The lowest BCUT2D eigenvalue weighted by Gasteiger charge is -2.46. The smallest absolute Gasteiger partial charge is 0.170 e. The number of hydrogen-bond acceptors (Lipinski definition) is 1. The van der Waals surface area contributed by atoms with E-state index in [4.69, 9.17) is 4.43 Å². The molecule has 0 N–H and O–H groups in total. The van der Waals surface area contributed by atoms with E-state index >= 15 is 0 Å². The van der Waals surface area contributed by atoms with Crippen LogP contribution in [0.25, 0.3) is 0 Å². The first kappa shape index (κ1) is 20.2. The van der Waals surface area contributed by atoms with Crippen LogP contribution in [0.4, 0.5) is 0 Å². The molecule has 0 bridgehead atoms. The lowest BCUT2D eigenvalue weighted by Crippen LogP contribution is -2.43. The Bertz CT molecular complexity index is 427. The molecule has 3 heteroatoms. The van der Waals surface area contributed by atoms with Gasteiger partial charge in [0.15, 0.2) is 9.04 Å². The van der Waals surface area contributed by atoms with E-state index < -0.39 is 9.04 Å². The van der Waals surface area contributed by atoms with Crippen LogP contribution in [-0.4, -0.2) is 20.1 Å². The molecular formula is C19H33IOSi. The molecule has 0 saturated heterocycles. The van der Waals surface area contributed by atoms with Gasteiger partial charge in [-0.15, -0.1) is 0 Å². The second kappa shape index (κ2) is 8.83. The Morgan fingerprint density at radius 2 is 1.68 bits per heavy atom.